The molecule has 0 fully saturated rings. The van der Waals surface area contributed by atoms with E-state index >= 15 is 0 Å². The van der Waals surface area contributed by atoms with Crippen LogP contribution in [0.15, 0.2) is 33.9 Å². The Kier molecular flexibility index (Phi) is 4.11. The molecule has 6 nitrogen and oxygen atoms in total. The maximum Gasteiger partial charge on any atom is 0.329 e. The maximum atomic E-state index is 12.4. The molecule has 1 amide bonds. The van der Waals surface area contributed by atoms with Gasteiger partial charge in [0.1, 0.15) is 11.4 Å². The molecule has 7 heteroatoms. The molecule has 24 heavy (non-hydrogen) atoms. The molecule has 0 spiro atoms. The van der Waals surface area contributed by atoms with Gasteiger partial charge < -0.3 is 5.32 Å². The summed E-state index contributed by atoms with van der Waals surface area (Å²) in [5.41, 5.74) is 1.79. The second-order valence-electron chi connectivity index (χ2n) is 5.77. The molecule has 2 heterocycles. The highest BCUT2D eigenvalue weighted by molar-refractivity contribution is 7.18. The van der Waals surface area contributed by atoms with Crippen molar-refractivity contribution in [1.29, 1.82) is 0 Å². The van der Waals surface area contributed by atoms with Gasteiger partial charge in [0.25, 0.3) is 5.56 Å². The molecule has 1 aromatic carbocycles. The zero-order valence-corrected chi connectivity index (χ0v) is 14.4. The van der Waals surface area contributed by atoms with E-state index in [0.717, 1.165) is 20.6 Å². The van der Waals surface area contributed by atoms with E-state index in [1.54, 1.807) is 12.1 Å². The van der Waals surface area contributed by atoms with Gasteiger partial charge in [-0.15, -0.1) is 11.3 Å². The smallest absolute Gasteiger partial charge is 0.325 e. The molecular formula is C17H17N3O3S. The standard InChI is InChI=1S/C17H17N3O3S/c1-9-4-5-12(6-10(9)2)18-14(21)8-20-16(22)13-7-11(3)24-15(13)19-17(20)23/h4-7H,8H2,1-3H3,(H,18,21)(H,19,23). The first kappa shape index (κ1) is 16.2. The fraction of sp³-hybridized carbons (Fsp3) is 0.235. The number of anilines is 1. The molecular weight excluding hydrogens is 326 g/mol. The lowest BCUT2D eigenvalue weighted by Gasteiger charge is -2.08. The molecule has 124 valence electrons. The number of thiophene rings is 1. The summed E-state index contributed by atoms with van der Waals surface area (Å²) in [7, 11) is 0. The number of amides is 1. The van der Waals surface area contributed by atoms with Gasteiger partial charge in [-0.2, -0.15) is 0 Å². The van der Waals surface area contributed by atoms with E-state index in [-0.39, 0.29) is 6.54 Å². The highest BCUT2D eigenvalue weighted by Gasteiger charge is 2.13. The minimum absolute atomic E-state index is 0.327. The van der Waals surface area contributed by atoms with Crippen LogP contribution in [0.5, 0.6) is 0 Å². The first-order chi connectivity index (χ1) is 11.3. The number of carbonyl (C=O) groups excluding carboxylic acids is 1. The summed E-state index contributed by atoms with van der Waals surface area (Å²) < 4.78 is 0.922. The first-order valence-corrected chi connectivity index (χ1v) is 8.27. The van der Waals surface area contributed by atoms with E-state index in [1.165, 1.54) is 11.3 Å². The van der Waals surface area contributed by atoms with Gasteiger partial charge in [-0.05, 0) is 50.1 Å². The van der Waals surface area contributed by atoms with Crippen LogP contribution in [0, 0.1) is 20.8 Å². The number of carbonyl (C=O) groups is 1. The molecule has 0 saturated carbocycles. The number of aromatic nitrogens is 2. The molecule has 0 saturated heterocycles. The van der Waals surface area contributed by atoms with Gasteiger partial charge in [0.2, 0.25) is 5.91 Å². The number of rotatable bonds is 3. The number of fused-ring (bicyclic) bond motifs is 1. The Balaban J connectivity index is 1.89. The number of aryl methyl sites for hydroxylation is 3. The van der Waals surface area contributed by atoms with Crippen molar-refractivity contribution in [2.45, 2.75) is 27.3 Å². The number of nitrogens with one attached hydrogen (secondary N) is 2. The second kappa shape index (κ2) is 6.09. The lowest BCUT2D eigenvalue weighted by atomic mass is 10.1. The molecule has 0 atom stereocenters. The third-order valence-electron chi connectivity index (χ3n) is 3.89. The summed E-state index contributed by atoms with van der Waals surface area (Å²) in [6.45, 7) is 5.47. The van der Waals surface area contributed by atoms with Crippen molar-refractivity contribution in [3.63, 3.8) is 0 Å². The molecule has 3 aromatic rings. The number of H-pyrrole nitrogens is 1. The largest absolute Gasteiger partial charge is 0.329 e. The van der Waals surface area contributed by atoms with Crippen LogP contribution < -0.4 is 16.6 Å². The molecule has 0 radical (unpaired) electrons. The topological polar surface area (TPSA) is 84.0 Å². The Hall–Kier alpha value is -2.67. The average molecular weight is 343 g/mol. The lowest BCUT2D eigenvalue weighted by Crippen LogP contribution is -2.38. The number of hydrogen-bond donors (Lipinski definition) is 2. The molecule has 2 N–H and O–H groups in total. The second-order valence-corrected chi connectivity index (χ2v) is 7.02. The van der Waals surface area contributed by atoms with Crippen LogP contribution in [0.4, 0.5) is 5.69 Å². The van der Waals surface area contributed by atoms with Crippen molar-refractivity contribution in [3.8, 4) is 0 Å². The summed E-state index contributed by atoms with van der Waals surface area (Å²) in [5, 5.41) is 3.14. The number of benzene rings is 1. The Morgan fingerprint density at radius 3 is 2.62 bits per heavy atom. The van der Waals surface area contributed by atoms with Gasteiger partial charge in [0, 0.05) is 10.6 Å². The quantitative estimate of drug-likeness (QED) is 0.765. The number of nitrogens with zero attached hydrogens (tertiary/aromatic N) is 1. The van der Waals surface area contributed by atoms with Gasteiger partial charge in [0.05, 0.1) is 5.39 Å². The Morgan fingerprint density at radius 1 is 1.17 bits per heavy atom. The molecule has 0 aliphatic rings. The SMILES string of the molecule is Cc1cc2c(=O)n(CC(=O)Nc3ccc(C)c(C)c3)c(=O)[nH]c2s1. The predicted molar refractivity (Wildman–Crippen MR) is 96.0 cm³/mol. The van der Waals surface area contributed by atoms with E-state index in [0.29, 0.717) is 15.9 Å². The van der Waals surface area contributed by atoms with Crippen molar-refractivity contribution >= 4 is 33.1 Å². The molecule has 0 unspecified atom stereocenters. The highest BCUT2D eigenvalue weighted by atomic mass is 32.1. The van der Waals surface area contributed by atoms with Crippen molar-refractivity contribution in [1.82, 2.24) is 9.55 Å². The van der Waals surface area contributed by atoms with Crippen molar-refractivity contribution in [2.75, 3.05) is 5.32 Å². The van der Waals surface area contributed by atoms with Gasteiger partial charge in [-0.1, -0.05) is 6.07 Å². The Labute approximate surface area is 141 Å². The zero-order chi connectivity index (χ0) is 17.4. The fourth-order valence-electron chi connectivity index (χ4n) is 2.48. The van der Waals surface area contributed by atoms with Crippen LogP contribution in [0.3, 0.4) is 0 Å². The monoisotopic (exact) mass is 343 g/mol. The van der Waals surface area contributed by atoms with Crippen LogP contribution in [-0.2, 0) is 11.3 Å². The van der Waals surface area contributed by atoms with E-state index in [4.69, 9.17) is 0 Å². The predicted octanol–water partition coefficient (Wildman–Crippen LogP) is 2.32. The van der Waals surface area contributed by atoms with Crippen LogP contribution in [-0.4, -0.2) is 15.5 Å². The van der Waals surface area contributed by atoms with E-state index < -0.39 is 17.2 Å². The number of aromatic amines is 1. The molecule has 0 aliphatic heterocycles. The van der Waals surface area contributed by atoms with Crippen LogP contribution in [0.2, 0.25) is 0 Å². The van der Waals surface area contributed by atoms with Gasteiger partial charge in [0.15, 0.2) is 0 Å². The summed E-state index contributed by atoms with van der Waals surface area (Å²) in [4.78, 5) is 40.8. The van der Waals surface area contributed by atoms with Crippen LogP contribution in [0.25, 0.3) is 10.2 Å². The minimum Gasteiger partial charge on any atom is -0.325 e. The average Bonchev–Trinajstić information content (AvgIpc) is 2.88. The Bertz CT molecular complexity index is 1060. The van der Waals surface area contributed by atoms with E-state index in [9.17, 15) is 14.4 Å². The summed E-state index contributed by atoms with van der Waals surface area (Å²) in [6.07, 6.45) is 0. The molecule has 0 aliphatic carbocycles. The highest BCUT2D eigenvalue weighted by Crippen LogP contribution is 2.18. The fourth-order valence-corrected chi connectivity index (χ4v) is 3.37. The van der Waals surface area contributed by atoms with Gasteiger partial charge >= 0.3 is 5.69 Å². The first-order valence-electron chi connectivity index (χ1n) is 7.45. The van der Waals surface area contributed by atoms with E-state index in [2.05, 4.69) is 10.3 Å². The summed E-state index contributed by atoms with van der Waals surface area (Å²) in [6, 6.07) is 7.27. The molecule has 2 aromatic heterocycles. The van der Waals surface area contributed by atoms with Crippen molar-refractivity contribution in [3.05, 3.63) is 61.1 Å². The maximum absolute atomic E-state index is 12.4. The number of hydrogen-bond acceptors (Lipinski definition) is 4. The van der Waals surface area contributed by atoms with Crippen molar-refractivity contribution in [2.24, 2.45) is 0 Å². The third-order valence-corrected chi connectivity index (χ3v) is 4.85. The summed E-state index contributed by atoms with van der Waals surface area (Å²) >= 11 is 1.34. The van der Waals surface area contributed by atoms with Crippen LogP contribution in [0.1, 0.15) is 16.0 Å². The third kappa shape index (κ3) is 3.03. The lowest BCUT2D eigenvalue weighted by molar-refractivity contribution is -0.116. The molecule has 0 bridgehead atoms. The van der Waals surface area contributed by atoms with Gasteiger partial charge in [-0.25, -0.2) is 4.79 Å². The molecule has 3 rings (SSSR count). The van der Waals surface area contributed by atoms with E-state index in [1.807, 2.05) is 32.9 Å². The van der Waals surface area contributed by atoms with Crippen LogP contribution >= 0.6 is 11.3 Å². The van der Waals surface area contributed by atoms with Gasteiger partial charge in [-0.3, -0.25) is 19.1 Å². The van der Waals surface area contributed by atoms with Crippen molar-refractivity contribution < 1.29 is 4.79 Å². The zero-order valence-electron chi connectivity index (χ0n) is 13.6. The normalized spacial score (nSPS) is 11.0. The summed E-state index contributed by atoms with van der Waals surface area (Å²) in [5.74, 6) is -0.419. The Morgan fingerprint density at radius 2 is 1.92 bits per heavy atom. The minimum atomic E-state index is -0.579.